The fraction of sp³-hybridized carbons (Fsp3) is 0.0526. The third-order valence-electron chi connectivity index (χ3n) is 4.37. The Balaban J connectivity index is 1.69. The largest absolute Gasteiger partial charge is 0.348 e. The third-order valence-corrected chi connectivity index (χ3v) is 4.37. The molecule has 10 heteroatoms. The molecule has 0 bridgehead atoms. The van der Waals surface area contributed by atoms with Crippen molar-refractivity contribution in [1.29, 1.82) is 0 Å². The van der Waals surface area contributed by atoms with Crippen molar-refractivity contribution in [3.8, 4) is 18.2 Å². The molecule has 4 aromatic heterocycles. The number of H-pyrrole nitrogens is 1. The lowest BCUT2D eigenvalue weighted by atomic mass is 10.2. The minimum Gasteiger partial charge on any atom is -0.348 e. The van der Waals surface area contributed by atoms with Gasteiger partial charge in [0.05, 0.1) is 17.4 Å². The van der Waals surface area contributed by atoms with Gasteiger partial charge in [0.2, 0.25) is 0 Å². The lowest BCUT2D eigenvalue weighted by Gasteiger charge is -2.15. The Kier molecular flexibility index (Phi) is 3.84. The van der Waals surface area contributed by atoms with Gasteiger partial charge in [-0.15, -0.1) is 6.42 Å². The quantitative estimate of drug-likeness (QED) is 0.457. The smallest absolute Gasteiger partial charge is 0.182 e. The Morgan fingerprint density at radius 1 is 1.14 bits per heavy atom. The van der Waals surface area contributed by atoms with Crippen LogP contribution in [-0.2, 0) is 0 Å². The van der Waals surface area contributed by atoms with Gasteiger partial charge >= 0.3 is 0 Å². The number of aromatic amines is 1. The summed E-state index contributed by atoms with van der Waals surface area (Å²) in [7, 11) is 0. The second-order valence-corrected chi connectivity index (χ2v) is 6.07. The Morgan fingerprint density at radius 3 is 2.90 bits per heavy atom. The summed E-state index contributed by atoms with van der Waals surface area (Å²) in [5, 5.41) is 3.18. The van der Waals surface area contributed by atoms with E-state index in [1.165, 1.54) is 31.1 Å². The van der Waals surface area contributed by atoms with Gasteiger partial charge in [0.1, 0.15) is 35.8 Å². The average molecular weight is 385 g/mol. The second kappa shape index (κ2) is 6.65. The number of nitrogens with one attached hydrogen (secondary N) is 2. The molecule has 0 aliphatic rings. The van der Waals surface area contributed by atoms with Gasteiger partial charge < -0.3 is 10.3 Å². The molecule has 5 aromatic rings. The Morgan fingerprint density at radius 2 is 2.07 bits per heavy atom. The molecule has 4 heterocycles. The maximum atomic E-state index is 14.0. The minimum absolute atomic E-state index is 0.389. The lowest BCUT2D eigenvalue weighted by Crippen LogP contribution is -2.16. The molecular weight excluding hydrogens is 373 g/mol. The number of benzene rings is 1. The first-order valence-electron chi connectivity index (χ1n) is 8.55. The van der Waals surface area contributed by atoms with Gasteiger partial charge in [-0.05, 0) is 18.2 Å². The summed E-state index contributed by atoms with van der Waals surface area (Å²) in [6.45, 7) is 0. The van der Waals surface area contributed by atoms with E-state index in [4.69, 9.17) is 6.42 Å². The van der Waals surface area contributed by atoms with Gasteiger partial charge in [0, 0.05) is 12.3 Å². The van der Waals surface area contributed by atoms with Crippen LogP contribution < -0.4 is 5.32 Å². The van der Waals surface area contributed by atoms with Crippen LogP contribution in [0.15, 0.2) is 49.4 Å². The highest BCUT2D eigenvalue weighted by molar-refractivity contribution is 5.83. The zero-order chi connectivity index (χ0) is 19.8. The van der Waals surface area contributed by atoms with Crippen molar-refractivity contribution in [3.63, 3.8) is 0 Å². The predicted molar refractivity (Wildman–Crippen MR) is 103 cm³/mol. The van der Waals surface area contributed by atoms with E-state index in [-0.39, 0.29) is 5.82 Å². The molecule has 0 aliphatic carbocycles. The number of aromatic nitrogens is 8. The Bertz CT molecular complexity index is 1370. The molecule has 0 radical (unpaired) electrons. The molecule has 1 atom stereocenters. The van der Waals surface area contributed by atoms with E-state index in [2.05, 4.69) is 46.1 Å². The Labute approximate surface area is 163 Å². The van der Waals surface area contributed by atoms with Crippen LogP contribution in [0, 0.1) is 18.2 Å². The summed E-state index contributed by atoms with van der Waals surface area (Å²) in [6, 6.07) is 5.33. The molecule has 9 nitrogen and oxygen atoms in total. The van der Waals surface area contributed by atoms with Crippen LogP contribution in [0.4, 0.5) is 10.2 Å². The number of hydrogen-bond acceptors (Lipinski definition) is 7. The normalized spacial score (nSPS) is 12.1. The van der Waals surface area contributed by atoms with Crippen LogP contribution >= 0.6 is 0 Å². The van der Waals surface area contributed by atoms with E-state index in [0.29, 0.717) is 39.7 Å². The minimum atomic E-state index is -0.693. The van der Waals surface area contributed by atoms with Gasteiger partial charge in [-0.2, -0.15) is 0 Å². The SMILES string of the molecule is C#CC(Nc1ncnc2nc[nH]c12)c1nc2ccc(F)cc2n1-c1ccncn1. The molecule has 1 unspecified atom stereocenters. The molecule has 2 N–H and O–H groups in total. The van der Waals surface area contributed by atoms with Crippen LogP contribution in [0.5, 0.6) is 0 Å². The van der Waals surface area contributed by atoms with E-state index >= 15 is 0 Å². The van der Waals surface area contributed by atoms with Crippen molar-refractivity contribution in [2.45, 2.75) is 6.04 Å². The zero-order valence-corrected chi connectivity index (χ0v) is 14.8. The maximum Gasteiger partial charge on any atom is 0.182 e. The van der Waals surface area contributed by atoms with Crippen LogP contribution in [0.1, 0.15) is 11.9 Å². The molecule has 5 rings (SSSR count). The van der Waals surface area contributed by atoms with Crippen LogP contribution in [0.3, 0.4) is 0 Å². The fourth-order valence-electron chi connectivity index (χ4n) is 3.11. The summed E-state index contributed by atoms with van der Waals surface area (Å²) >= 11 is 0. The predicted octanol–water partition coefficient (Wildman–Crippen LogP) is 2.41. The zero-order valence-electron chi connectivity index (χ0n) is 14.8. The van der Waals surface area contributed by atoms with Crippen molar-refractivity contribution < 1.29 is 4.39 Å². The molecule has 0 saturated carbocycles. The topological polar surface area (TPSA) is 110 Å². The molecule has 0 aliphatic heterocycles. The summed E-state index contributed by atoms with van der Waals surface area (Å²) in [6.07, 6.45) is 11.7. The van der Waals surface area contributed by atoms with Crippen molar-refractivity contribution in [1.82, 2.24) is 39.5 Å². The number of nitrogens with zero attached hydrogens (tertiary/aromatic N) is 7. The van der Waals surface area contributed by atoms with Gasteiger partial charge in [-0.3, -0.25) is 4.57 Å². The highest BCUT2D eigenvalue weighted by atomic mass is 19.1. The van der Waals surface area contributed by atoms with E-state index in [9.17, 15) is 4.39 Å². The number of anilines is 1. The standard InChI is InChI=1S/C19H12FN9/c1-2-12(27-18-16-17(24-9-23-16)25-10-26-18)19-28-13-4-3-11(20)7-14(13)29(19)15-5-6-21-8-22-15/h1,3-10,12H,(H2,23,24,25,26,27). The number of hydrogen-bond donors (Lipinski definition) is 2. The number of fused-ring (bicyclic) bond motifs is 2. The van der Waals surface area contributed by atoms with Crippen molar-refractivity contribution in [2.75, 3.05) is 5.32 Å². The molecule has 0 amide bonds. The molecule has 0 spiro atoms. The van der Waals surface area contributed by atoms with E-state index in [0.717, 1.165) is 0 Å². The van der Waals surface area contributed by atoms with E-state index < -0.39 is 6.04 Å². The molecule has 29 heavy (non-hydrogen) atoms. The van der Waals surface area contributed by atoms with Crippen LogP contribution in [0.2, 0.25) is 0 Å². The van der Waals surface area contributed by atoms with Crippen molar-refractivity contribution in [2.24, 2.45) is 0 Å². The van der Waals surface area contributed by atoms with Gasteiger partial charge in [0.25, 0.3) is 0 Å². The van der Waals surface area contributed by atoms with Gasteiger partial charge in [-0.25, -0.2) is 34.3 Å². The van der Waals surface area contributed by atoms with Crippen LogP contribution in [-0.4, -0.2) is 39.5 Å². The fourth-order valence-corrected chi connectivity index (χ4v) is 3.11. The number of imidazole rings is 2. The Hall–Kier alpha value is -4.39. The van der Waals surface area contributed by atoms with E-state index in [1.54, 1.807) is 22.9 Å². The number of terminal acetylenes is 1. The van der Waals surface area contributed by atoms with Crippen molar-refractivity contribution in [3.05, 3.63) is 61.1 Å². The van der Waals surface area contributed by atoms with Gasteiger partial charge in [0.15, 0.2) is 17.3 Å². The summed E-state index contributed by atoms with van der Waals surface area (Å²) in [5.74, 6) is 3.74. The van der Waals surface area contributed by atoms with Gasteiger partial charge in [-0.1, -0.05) is 5.92 Å². The summed E-state index contributed by atoms with van der Waals surface area (Å²) in [4.78, 5) is 28.3. The maximum absolute atomic E-state index is 14.0. The molecule has 140 valence electrons. The highest BCUT2D eigenvalue weighted by Crippen LogP contribution is 2.27. The first-order chi connectivity index (χ1) is 14.2. The first kappa shape index (κ1) is 16.8. The lowest BCUT2D eigenvalue weighted by molar-refractivity contribution is 0.629. The molecule has 1 aromatic carbocycles. The third kappa shape index (κ3) is 2.81. The average Bonchev–Trinajstić information content (AvgIpc) is 3.37. The monoisotopic (exact) mass is 385 g/mol. The first-order valence-corrected chi connectivity index (χ1v) is 8.55. The van der Waals surface area contributed by atoms with E-state index in [1.807, 2.05) is 0 Å². The molecule has 0 saturated heterocycles. The summed E-state index contributed by atoms with van der Waals surface area (Å²) < 4.78 is 15.7. The summed E-state index contributed by atoms with van der Waals surface area (Å²) in [5.41, 5.74) is 2.24. The van der Waals surface area contributed by atoms with Crippen LogP contribution in [0.25, 0.3) is 28.0 Å². The molecular formula is C19H12FN9. The second-order valence-electron chi connectivity index (χ2n) is 6.07. The van der Waals surface area contributed by atoms with Crippen molar-refractivity contribution >= 4 is 28.0 Å². The number of rotatable bonds is 4. The molecule has 0 fully saturated rings. The highest BCUT2D eigenvalue weighted by Gasteiger charge is 2.22. The number of halogens is 1.